The zero-order valence-corrected chi connectivity index (χ0v) is 19.4. The number of carbonyl (C=O) groups excluding carboxylic acids is 1. The second-order valence-corrected chi connectivity index (χ2v) is 8.44. The number of hydrogen-bond acceptors (Lipinski definition) is 6. The van der Waals surface area contributed by atoms with Crippen LogP contribution in [0.4, 0.5) is 16.0 Å². The van der Waals surface area contributed by atoms with E-state index in [-0.39, 0.29) is 11.4 Å². The van der Waals surface area contributed by atoms with Crippen molar-refractivity contribution in [3.05, 3.63) is 100 Å². The first-order valence-electron chi connectivity index (χ1n) is 11.5. The zero-order valence-electron chi connectivity index (χ0n) is 19.4. The molecule has 0 N–H and O–H groups in total. The quantitative estimate of drug-likeness (QED) is 0.413. The Morgan fingerprint density at radius 2 is 1.63 bits per heavy atom. The molecule has 1 aliphatic heterocycles. The van der Waals surface area contributed by atoms with E-state index in [9.17, 15) is 14.0 Å². The van der Waals surface area contributed by atoms with Crippen molar-refractivity contribution in [2.45, 2.75) is 6.54 Å². The SMILES string of the molecule is COC(=O)c1ccc2c(=O)n(Cc3ccccc3)c(N3CCN(c4ccccc4F)CC3)nc2c1. The van der Waals surface area contributed by atoms with Crippen LogP contribution < -0.4 is 15.4 Å². The Balaban J connectivity index is 1.54. The number of benzene rings is 3. The van der Waals surface area contributed by atoms with Gasteiger partial charge in [-0.1, -0.05) is 42.5 Å². The highest BCUT2D eigenvalue weighted by molar-refractivity contribution is 5.94. The van der Waals surface area contributed by atoms with Crippen molar-refractivity contribution in [2.75, 3.05) is 43.1 Å². The Morgan fingerprint density at radius 3 is 2.34 bits per heavy atom. The second kappa shape index (κ2) is 9.58. The lowest BCUT2D eigenvalue weighted by molar-refractivity contribution is 0.0601. The molecule has 0 radical (unpaired) electrons. The topological polar surface area (TPSA) is 67.7 Å². The van der Waals surface area contributed by atoms with E-state index in [0.717, 1.165) is 5.56 Å². The molecule has 8 heteroatoms. The van der Waals surface area contributed by atoms with Gasteiger partial charge in [0, 0.05) is 26.2 Å². The fourth-order valence-corrected chi connectivity index (χ4v) is 4.46. The lowest BCUT2D eigenvalue weighted by atomic mass is 10.1. The number of carbonyl (C=O) groups is 1. The number of hydrogen-bond donors (Lipinski definition) is 0. The van der Waals surface area contributed by atoms with Crippen LogP contribution in [0.2, 0.25) is 0 Å². The Hall–Kier alpha value is -4.20. The van der Waals surface area contributed by atoms with Crippen molar-refractivity contribution >= 4 is 28.5 Å². The van der Waals surface area contributed by atoms with Crippen LogP contribution in [0.15, 0.2) is 77.6 Å². The fraction of sp³-hybridized carbons (Fsp3) is 0.222. The first-order valence-corrected chi connectivity index (χ1v) is 11.5. The number of ether oxygens (including phenoxy) is 1. The third-order valence-electron chi connectivity index (χ3n) is 6.30. The Labute approximate surface area is 202 Å². The molecule has 178 valence electrons. The first kappa shape index (κ1) is 22.6. The first-order chi connectivity index (χ1) is 17.0. The van der Waals surface area contributed by atoms with Crippen LogP contribution in [0, 0.1) is 5.82 Å². The third-order valence-corrected chi connectivity index (χ3v) is 6.30. The van der Waals surface area contributed by atoms with Crippen LogP contribution in [0.1, 0.15) is 15.9 Å². The lowest BCUT2D eigenvalue weighted by Gasteiger charge is -2.37. The molecule has 7 nitrogen and oxygen atoms in total. The molecule has 3 aromatic carbocycles. The van der Waals surface area contributed by atoms with Crippen LogP contribution in [0.3, 0.4) is 0 Å². The van der Waals surface area contributed by atoms with Crippen molar-refractivity contribution < 1.29 is 13.9 Å². The van der Waals surface area contributed by atoms with E-state index in [4.69, 9.17) is 9.72 Å². The van der Waals surface area contributed by atoms with Gasteiger partial charge in [-0.2, -0.15) is 0 Å². The lowest BCUT2D eigenvalue weighted by Crippen LogP contribution is -2.48. The molecular weight excluding hydrogens is 447 g/mol. The van der Waals surface area contributed by atoms with Crippen molar-refractivity contribution in [2.24, 2.45) is 0 Å². The van der Waals surface area contributed by atoms with Crippen LogP contribution in [0.5, 0.6) is 0 Å². The highest BCUT2D eigenvalue weighted by atomic mass is 19.1. The summed E-state index contributed by atoms with van der Waals surface area (Å²) in [5.74, 6) is -0.204. The summed E-state index contributed by atoms with van der Waals surface area (Å²) in [5, 5.41) is 0.433. The van der Waals surface area contributed by atoms with Crippen molar-refractivity contribution in [1.82, 2.24) is 9.55 Å². The van der Waals surface area contributed by atoms with Gasteiger partial charge in [-0.3, -0.25) is 9.36 Å². The molecule has 0 unspecified atom stereocenters. The molecule has 1 aliphatic rings. The predicted molar refractivity (Wildman–Crippen MR) is 134 cm³/mol. The number of nitrogens with zero attached hydrogens (tertiary/aromatic N) is 4. The van der Waals surface area contributed by atoms with Crippen LogP contribution >= 0.6 is 0 Å². The van der Waals surface area contributed by atoms with Gasteiger partial charge in [-0.15, -0.1) is 0 Å². The molecule has 5 rings (SSSR count). The van der Waals surface area contributed by atoms with Gasteiger partial charge in [0.15, 0.2) is 0 Å². The molecule has 0 spiro atoms. The molecule has 1 aromatic heterocycles. The van der Waals surface area contributed by atoms with E-state index >= 15 is 0 Å². The van der Waals surface area contributed by atoms with E-state index < -0.39 is 5.97 Å². The molecule has 0 atom stereocenters. The monoisotopic (exact) mass is 472 g/mol. The molecule has 2 heterocycles. The molecule has 0 bridgehead atoms. The number of para-hydroxylation sites is 1. The van der Waals surface area contributed by atoms with Gasteiger partial charge in [-0.25, -0.2) is 14.2 Å². The van der Waals surface area contributed by atoms with Gasteiger partial charge in [0.2, 0.25) is 5.95 Å². The third kappa shape index (κ3) is 4.47. The normalized spacial score (nSPS) is 13.8. The number of esters is 1. The number of aromatic nitrogens is 2. The summed E-state index contributed by atoms with van der Waals surface area (Å²) in [6, 6.07) is 21.3. The van der Waals surface area contributed by atoms with Gasteiger partial charge >= 0.3 is 5.97 Å². The van der Waals surface area contributed by atoms with Gasteiger partial charge < -0.3 is 14.5 Å². The van der Waals surface area contributed by atoms with Crippen LogP contribution in [-0.4, -0.2) is 48.8 Å². The minimum Gasteiger partial charge on any atom is -0.465 e. The van der Waals surface area contributed by atoms with E-state index in [2.05, 4.69) is 0 Å². The highest BCUT2D eigenvalue weighted by Crippen LogP contribution is 2.23. The number of halogens is 1. The second-order valence-electron chi connectivity index (χ2n) is 8.44. The molecule has 1 fully saturated rings. The minimum atomic E-state index is -0.484. The van der Waals surface area contributed by atoms with Gasteiger partial charge in [0.25, 0.3) is 5.56 Å². The summed E-state index contributed by atoms with van der Waals surface area (Å²) < 4.78 is 20.8. The molecule has 35 heavy (non-hydrogen) atoms. The van der Waals surface area contributed by atoms with Gasteiger partial charge in [0.05, 0.1) is 35.8 Å². The Morgan fingerprint density at radius 1 is 0.943 bits per heavy atom. The number of anilines is 2. The fourth-order valence-electron chi connectivity index (χ4n) is 4.46. The zero-order chi connectivity index (χ0) is 24.4. The Bertz CT molecular complexity index is 1430. The summed E-state index contributed by atoms with van der Waals surface area (Å²) in [4.78, 5) is 34.5. The van der Waals surface area contributed by atoms with Crippen molar-refractivity contribution in [1.29, 1.82) is 0 Å². The van der Waals surface area contributed by atoms with Gasteiger partial charge in [-0.05, 0) is 35.9 Å². The highest BCUT2D eigenvalue weighted by Gasteiger charge is 2.24. The van der Waals surface area contributed by atoms with Gasteiger partial charge in [0.1, 0.15) is 5.82 Å². The average molecular weight is 473 g/mol. The number of piperazine rings is 1. The van der Waals surface area contributed by atoms with E-state index in [0.29, 0.717) is 60.8 Å². The maximum absolute atomic E-state index is 14.3. The summed E-state index contributed by atoms with van der Waals surface area (Å²) >= 11 is 0. The summed E-state index contributed by atoms with van der Waals surface area (Å²) in [5.41, 5.74) is 2.15. The summed E-state index contributed by atoms with van der Waals surface area (Å²) in [7, 11) is 1.32. The Kier molecular flexibility index (Phi) is 6.18. The summed E-state index contributed by atoms with van der Waals surface area (Å²) in [6.45, 7) is 2.67. The number of rotatable bonds is 5. The average Bonchev–Trinajstić information content (AvgIpc) is 2.90. The predicted octanol–water partition coefficient (Wildman–Crippen LogP) is 3.70. The van der Waals surface area contributed by atoms with E-state index in [1.807, 2.05) is 46.2 Å². The summed E-state index contributed by atoms with van der Waals surface area (Å²) in [6.07, 6.45) is 0. The molecule has 1 saturated heterocycles. The largest absolute Gasteiger partial charge is 0.465 e. The molecular formula is C27H25FN4O3. The van der Waals surface area contributed by atoms with Crippen molar-refractivity contribution in [3.63, 3.8) is 0 Å². The maximum atomic E-state index is 14.3. The maximum Gasteiger partial charge on any atom is 0.337 e. The smallest absolute Gasteiger partial charge is 0.337 e. The number of fused-ring (bicyclic) bond motifs is 1. The van der Waals surface area contributed by atoms with Crippen LogP contribution in [-0.2, 0) is 11.3 Å². The van der Waals surface area contributed by atoms with Crippen molar-refractivity contribution in [3.8, 4) is 0 Å². The standard InChI is InChI=1S/C27H25FN4O3/c1-35-26(34)20-11-12-21-23(17-20)29-27(32(25(21)33)18-19-7-3-2-4-8-19)31-15-13-30(14-16-31)24-10-6-5-9-22(24)28/h2-12,17H,13-16,18H2,1H3. The van der Waals surface area contributed by atoms with E-state index in [1.165, 1.54) is 13.2 Å². The molecule has 0 aliphatic carbocycles. The number of methoxy groups -OCH3 is 1. The van der Waals surface area contributed by atoms with Crippen LogP contribution in [0.25, 0.3) is 10.9 Å². The molecule has 4 aromatic rings. The van der Waals surface area contributed by atoms with E-state index in [1.54, 1.807) is 34.9 Å². The molecule has 0 saturated carbocycles. The minimum absolute atomic E-state index is 0.179. The molecule has 0 amide bonds.